The van der Waals surface area contributed by atoms with Crippen molar-refractivity contribution >= 4 is 21.9 Å². The predicted molar refractivity (Wildman–Crippen MR) is 88.2 cm³/mol. The molecule has 2 rings (SSSR count). The van der Waals surface area contributed by atoms with E-state index in [9.17, 15) is 4.79 Å². The van der Waals surface area contributed by atoms with Gasteiger partial charge in [-0.3, -0.25) is 4.79 Å². The molecule has 0 amide bonds. The van der Waals surface area contributed by atoms with Crippen molar-refractivity contribution in [1.29, 1.82) is 0 Å². The van der Waals surface area contributed by atoms with Crippen LogP contribution in [0.15, 0.2) is 16.6 Å². The van der Waals surface area contributed by atoms with Gasteiger partial charge in [-0.2, -0.15) is 0 Å². The average Bonchev–Trinajstić information content (AvgIpc) is 2.98. The van der Waals surface area contributed by atoms with Gasteiger partial charge in [-0.1, -0.05) is 34.8 Å². The summed E-state index contributed by atoms with van der Waals surface area (Å²) < 4.78 is 6.13. The molecule has 21 heavy (non-hydrogen) atoms. The molecule has 1 aliphatic rings. The van der Waals surface area contributed by atoms with E-state index < -0.39 is 0 Å². The van der Waals surface area contributed by atoms with Gasteiger partial charge in [0.25, 0.3) is 0 Å². The zero-order chi connectivity index (χ0) is 15.2. The van der Waals surface area contributed by atoms with Gasteiger partial charge in [-0.05, 0) is 54.9 Å². The first-order chi connectivity index (χ1) is 10.2. The zero-order valence-corrected chi connectivity index (χ0v) is 14.2. The molecular weight excluding hydrogens is 330 g/mol. The number of rotatable bonds is 6. The molecule has 1 aliphatic carbocycles. The van der Waals surface area contributed by atoms with Gasteiger partial charge in [0.2, 0.25) is 0 Å². The molecule has 0 spiro atoms. The van der Waals surface area contributed by atoms with Crippen LogP contribution in [-0.4, -0.2) is 12.6 Å². The third kappa shape index (κ3) is 4.30. The van der Waals surface area contributed by atoms with Crippen molar-refractivity contribution in [3.05, 3.63) is 33.3 Å². The monoisotopic (exact) mass is 353 g/mol. The van der Waals surface area contributed by atoms with E-state index in [0.717, 1.165) is 10.0 Å². The third-order valence-corrected chi connectivity index (χ3v) is 4.84. The topological polar surface area (TPSA) is 52.3 Å². The fourth-order valence-corrected chi connectivity index (χ4v) is 4.07. The van der Waals surface area contributed by atoms with Crippen LogP contribution < -0.4 is 5.73 Å². The molecule has 0 unspecified atom stereocenters. The second-order valence-corrected chi connectivity index (χ2v) is 6.50. The predicted octanol–water partition coefficient (Wildman–Crippen LogP) is 4.06. The molecule has 1 aromatic rings. The van der Waals surface area contributed by atoms with Crippen molar-refractivity contribution in [1.82, 2.24) is 0 Å². The van der Waals surface area contributed by atoms with E-state index in [1.165, 1.54) is 36.8 Å². The number of halogens is 1. The lowest BCUT2D eigenvalue weighted by molar-refractivity contribution is -0.143. The molecule has 4 heteroatoms. The number of benzene rings is 1. The summed E-state index contributed by atoms with van der Waals surface area (Å²) in [5.41, 5.74) is 9.70. The van der Waals surface area contributed by atoms with Gasteiger partial charge in [0.1, 0.15) is 0 Å². The van der Waals surface area contributed by atoms with Crippen molar-refractivity contribution in [2.75, 3.05) is 6.61 Å². The lowest BCUT2D eigenvalue weighted by Crippen LogP contribution is -2.09. The number of esters is 1. The Hall–Kier alpha value is -0.870. The minimum absolute atomic E-state index is 0.136. The van der Waals surface area contributed by atoms with Gasteiger partial charge in [-0.15, -0.1) is 0 Å². The normalized spacial score (nSPS) is 15.4. The summed E-state index contributed by atoms with van der Waals surface area (Å²) in [5.74, 6) is 0.500. The molecule has 3 nitrogen and oxygen atoms in total. The minimum atomic E-state index is -0.136. The number of hydrogen-bond acceptors (Lipinski definition) is 3. The van der Waals surface area contributed by atoms with Crippen LogP contribution >= 0.6 is 15.9 Å². The van der Waals surface area contributed by atoms with Crippen LogP contribution in [0.1, 0.15) is 61.6 Å². The second-order valence-electron chi connectivity index (χ2n) is 5.64. The summed E-state index contributed by atoms with van der Waals surface area (Å²) in [6, 6.07) is 4.31. The van der Waals surface area contributed by atoms with Gasteiger partial charge < -0.3 is 10.5 Å². The number of aryl methyl sites for hydroxylation is 1. The first-order valence-electron chi connectivity index (χ1n) is 7.82. The highest BCUT2D eigenvalue weighted by Gasteiger charge is 2.22. The molecule has 0 radical (unpaired) electrons. The van der Waals surface area contributed by atoms with Crippen LogP contribution in [0.25, 0.3) is 0 Å². The van der Waals surface area contributed by atoms with E-state index in [2.05, 4.69) is 28.1 Å². The van der Waals surface area contributed by atoms with Gasteiger partial charge in [0.15, 0.2) is 0 Å². The number of carbonyl (C=O) groups excluding carboxylic acids is 1. The van der Waals surface area contributed by atoms with E-state index in [1.807, 2.05) is 6.92 Å². The summed E-state index contributed by atoms with van der Waals surface area (Å²) in [6.07, 6.45) is 6.27. The highest BCUT2D eigenvalue weighted by atomic mass is 79.9. The maximum atomic E-state index is 11.5. The molecule has 0 bridgehead atoms. The fraction of sp³-hybridized carbons (Fsp3) is 0.588. The lowest BCUT2D eigenvalue weighted by Gasteiger charge is -2.18. The first-order valence-corrected chi connectivity index (χ1v) is 8.61. The van der Waals surface area contributed by atoms with Gasteiger partial charge in [0.05, 0.1) is 6.61 Å². The summed E-state index contributed by atoms with van der Waals surface area (Å²) >= 11 is 3.71. The Balaban J connectivity index is 2.14. The van der Waals surface area contributed by atoms with E-state index >= 15 is 0 Å². The van der Waals surface area contributed by atoms with Crippen LogP contribution in [-0.2, 0) is 22.5 Å². The Morgan fingerprint density at radius 2 is 2.10 bits per heavy atom. The quantitative estimate of drug-likeness (QED) is 0.784. The average molecular weight is 354 g/mol. The largest absolute Gasteiger partial charge is 0.466 e. The van der Waals surface area contributed by atoms with Crippen molar-refractivity contribution in [3.8, 4) is 0 Å². The Morgan fingerprint density at radius 1 is 1.38 bits per heavy atom. The van der Waals surface area contributed by atoms with Crippen LogP contribution in [0, 0.1) is 0 Å². The SMILES string of the molecule is CCOC(=O)CCc1cc(Br)c(C2CCCC2)c(CN)c1. The molecule has 1 saturated carbocycles. The highest BCUT2D eigenvalue weighted by molar-refractivity contribution is 9.10. The molecule has 1 fully saturated rings. The Bertz CT molecular complexity index is 496. The third-order valence-electron chi connectivity index (χ3n) is 4.18. The standard InChI is InChI=1S/C17H24BrNO2/c1-2-21-16(20)8-7-12-9-14(11-19)17(15(18)10-12)13-5-3-4-6-13/h9-10,13H,2-8,11,19H2,1H3. The Labute approximate surface area is 135 Å². The van der Waals surface area contributed by atoms with Crippen LogP contribution in [0.4, 0.5) is 0 Å². The summed E-state index contributed by atoms with van der Waals surface area (Å²) in [7, 11) is 0. The number of nitrogens with two attached hydrogens (primary N) is 1. The first kappa shape index (κ1) is 16.5. The number of carbonyl (C=O) groups is 1. The van der Waals surface area contributed by atoms with E-state index in [0.29, 0.717) is 31.9 Å². The van der Waals surface area contributed by atoms with Crippen LogP contribution in [0.2, 0.25) is 0 Å². The fourth-order valence-electron chi connectivity index (χ4n) is 3.20. The number of ether oxygens (including phenoxy) is 1. The van der Waals surface area contributed by atoms with Gasteiger partial charge >= 0.3 is 5.97 Å². The molecule has 0 aromatic heterocycles. The molecule has 0 saturated heterocycles. The van der Waals surface area contributed by atoms with Crippen LogP contribution in [0.3, 0.4) is 0 Å². The maximum Gasteiger partial charge on any atom is 0.306 e. The van der Waals surface area contributed by atoms with Crippen molar-refractivity contribution in [2.24, 2.45) is 5.73 Å². The molecule has 2 N–H and O–H groups in total. The summed E-state index contributed by atoms with van der Waals surface area (Å²) in [5, 5.41) is 0. The van der Waals surface area contributed by atoms with E-state index in [1.54, 1.807) is 0 Å². The second kappa shape index (κ2) is 7.95. The molecular formula is C17H24BrNO2. The van der Waals surface area contributed by atoms with Gasteiger partial charge in [0, 0.05) is 17.4 Å². The Kier molecular flexibility index (Phi) is 6.24. The minimum Gasteiger partial charge on any atom is -0.466 e. The number of hydrogen-bond donors (Lipinski definition) is 1. The molecule has 0 aliphatic heterocycles. The highest BCUT2D eigenvalue weighted by Crippen LogP contribution is 2.40. The Morgan fingerprint density at radius 3 is 2.71 bits per heavy atom. The van der Waals surface area contributed by atoms with Crippen molar-refractivity contribution < 1.29 is 9.53 Å². The van der Waals surface area contributed by atoms with Crippen molar-refractivity contribution in [2.45, 2.75) is 57.9 Å². The van der Waals surface area contributed by atoms with E-state index in [-0.39, 0.29) is 5.97 Å². The maximum absolute atomic E-state index is 11.5. The van der Waals surface area contributed by atoms with Crippen molar-refractivity contribution in [3.63, 3.8) is 0 Å². The molecule has 1 aromatic carbocycles. The van der Waals surface area contributed by atoms with E-state index in [4.69, 9.17) is 10.5 Å². The molecule has 116 valence electrons. The molecule has 0 heterocycles. The summed E-state index contributed by atoms with van der Waals surface area (Å²) in [4.78, 5) is 11.5. The zero-order valence-electron chi connectivity index (χ0n) is 12.7. The smallest absolute Gasteiger partial charge is 0.306 e. The lowest BCUT2D eigenvalue weighted by atomic mass is 9.90. The molecule has 0 atom stereocenters. The van der Waals surface area contributed by atoms with Crippen LogP contribution in [0.5, 0.6) is 0 Å². The summed E-state index contributed by atoms with van der Waals surface area (Å²) in [6.45, 7) is 2.83. The van der Waals surface area contributed by atoms with Gasteiger partial charge in [-0.25, -0.2) is 0 Å².